The summed E-state index contributed by atoms with van der Waals surface area (Å²) >= 11 is 1.26. The van der Waals surface area contributed by atoms with Crippen LogP contribution in [-0.4, -0.2) is 52.4 Å². The Morgan fingerprint density at radius 1 is 1.13 bits per heavy atom. The SMILES string of the molecule is COc1cc2c(cc1OC)CN(C(=O)Cc1csc(NC(=O)c3ncccn3)n1)CC2. The first-order valence-corrected chi connectivity index (χ1v) is 10.5. The highest BCUT2D eigenvalue weighted by molar-refractivity contribution is 7.14. The molecule has 0 saturated heterocycles. The molecule has 0 fully saturated rings. The van der Waals surface area contributed by atoms with Gasteiger partial charge in [-0.2, -0.15) is 0 Å². The predicted molar refractivity (Wildman–Crippen MR) is 114 cm³/mol. The number of carbonyl (C=O) groups is 2. The van der Waals surface area contributed by atoms with Crippen LogP contribution in [0.1, 0.15) is 27.4 Å². The van der Waals surface area contributed by atoms with Crippen molar-refractivity contribution in [1.29, 1.82) is 0 Å². The largest absolute Gasteiger partial charge is 0.493 e. The van der Waals surface area contributed by atoms with E-state index in [1.54, 1.807) is 25.7 Å². The molecule has 10 heteroatoms. The summed E-state index contributed by atoms with van der Waals surface area (Å²) in [7, 11) is 3.21. The molecule has 1 aliphatic heterocycles. The summed E-state index contributed by atoms with van der Waals surface area (Å²) in [5.41, 5.74) is 2.81. The van der Waals surface area contributed by atoms with Crippen LogP contribution in [0.2, 0.25) is 0 Å². The van der Waals surface area contributed by atoms with Crippen LogP contribution in [0, 0.1) is 0 Å². The Morgan fingerprint density at radius 3 is 2.55 bits per heavy atom. The quantitative estimate of drug-likeness (QED) is 0.628. The molecule has 0 bridgehead atoms. The Bertz CT molecular complexity index is 1100. The van der Waals surface area contributed by atoms with Crippen molar-refractivity contribution in [3.8, 4) is 11.5 Å². The topological polar surface area (TPSA) is 107 Å². The van der Waals surface area contributed by atoms with Crippen LogP contribution >= 0.6 is 11.3 Å². The molecule has 0 aliphatic carbocycles. The zero-order chi connectivity index (χ0) is 21.8. The second-order valence-corrected chi connectivity index (χ2v) is 7.75. The lowest BCUT2D eigenvalue weighted by Crippen LogP contribution is -2.37. The monoisotopic (exact) mass is 439 g/mol. The lowest BCUT2D eigenvalue weighted by molar-refractivity contribution is -0.131. The Labute approximate surface area is 183 Å². The average Bonchev–Trinajstić information content (AvgIpc) is 3.24. The highest BCUT2D eigenvalue weighted by Crippen LogP contribution is 2.33. The number of fused-ring (bicyclic) bond motifs is 1. The number of nitrogens with one attached hydrogen (secondary N) is 1. The highest BCUT2D eigenvalue weighted by atomic mass is 32.1. The van der Waals surface area contributed by atoms with Crippen LogP contribution in [0.4, 0.5) is 5.13 Å². The number of hydrogen-bond donors (Lipinski definition) is 1. The smallest absolute Gasteiger partial charge is 0.295 e. The molecule has 1 N–H and O–H groups in total. The highest BCUT2D eigenvalue weighted by Gasteiger charge is 2.23. The van der Waals surface area contributed by atoms with Gasteiger partial charge in [0.25, 0.3) is 5.91 Å². The molecule has 3 aromatic rings. The first-order chi connectivity index (χ1) is 15.1. The number of methoxy groups -OCH3 is 2. The summed E-state index contributed by atoms with van der Waals surface area (Å²) < 4.78 is 10.7. The molecule has 2 amide bonds. The van der Waals surface area contributed by atoms with E-state index < -0.39 is 5.91 Å². The van der Waals surface area contributed by atoms with E-state index in [1.165, 1.54) is 23.7 Å². The van der Waals surface area contributed by atoms with Crippen molar-refractivity contribution in [2.24, 2.45) is 0 Å². The number of carbonyl (C=O) groups excluding carboxylic acids is 2. The average molecular weight is 439 g/mol. The molecule has 31 heavy (non-hydrogen) atoms. The van der Waals surface area contributed by atoms with Crippen molar-refractivity contribution in [3.05, 3.63) is 58.6 Å². The van der Waals surface area contributed by atoms with Gasteiger partial charge in [-0.1, -0.05) is 0 Å². The summed E-state index contributed by atoms with van der Waals surface area (Å²) in [6.07, 6.45) is 3.90. The molecule has 0 unspecified atom stereocenters. The molecule has 0 atom stereocenters. The fourth-order valence-corrected chi connectivity index (χ4v) is 4.08. The maximum Gasteiger partial charge on any atom is 0.295 e. The van der Waals surface area contributed by atoms with Gasteiger partial charge in [-0.25, -0.2) is 15.0 Å². The summed E-state index contributed by atoms with van der Waals surface area (Å²) in [5, 5.41) is 4.83. The van der Waals surface area contributed by atoms with Crippen LogP contribution in [0.25, 0.3) is 0 Å². The summed E-state index contributed by atoms with van der Waals surface area (Å²) in [5.74, 6) is 0.950. The third-order valence-corrected chi connectivity index (χ3v) is 5.75. The van der Waals surface area contributed by atoms with Crippen LogP contribution in [0.15, 0.2) is 36.0 Å². The Morgan fingerprint density at radius 2 is 1.84 bits per heavy atom. The van der Waals surface area contributed by atoms with Crippen LogP contribution < -0.4 is 14.8 Å². The number of ether oxygens (including phenoxy) is 2. The van der Waals surface area contributed by atoms with Crippen LogP contribution in [-0.2, 0) is 24.2 Å². The number of nitrogens with zero attached hydrogens (tertiary/aromatic N) is 4. The van der Waals surface area contributed by atoms with E-state index in [1.807, 2.05) is 17.0 Å². The first-order valence-electron chi connectivity index (χ1n) is 9.61. The minimum Gasteiger partial charge on any atom is -0.493 e. The standard InChI is InChI=1S/C21H21N5O4S/c1-29-16-8-13-4-7-26(11-14(13)9-17(16)30-2)18(27)10-15-12-31-21(24-15)25-20(28)19-22-5-3-6-23-19/h3,5-6,8-9,12H,4,7,10-11H2,1-2H3,(H,24,25,28). The third-order valence-electron chi connectivity index (χ3n) is 4.94. The van der Waals surface area contributed by atoms with Gasteiger partial charge in [0, 0.05) is 30.9 Å². The van der Waals surface area contributed by atoms with Gasteiger partial charge in [0.1, 0.15) is 0 Å². The van der Waals surface area contributed by atoms with Crippen molar-refractivity contribution in [2.45, 2.75) is 19.4 Å². The number of hydrogen-bond acceptors (Lipinski definition) is 8. The van der Waals surface area contributed by atoms with Crippen molar-refractivity contribution in [2.75, 3.05) is 26.1 Å². The zero-order valence-corrected chi connectivity index (χ0v) is 17.9. The van der Waals surface area contributed by atoms with Crippen molar-refractivity contribution >= 4 is 28.3 Å². The summed E-state index contributed by atoms with van der Waals surface area (Å²) in [4.78, 5) is 39.0. The Balaban J connectivity index is 1.39. The van der Waals surface area contributed by atoms with Gasteiger partial charge in [-0.3, -0.25) is 14.9 Å². The number of benzene rings is 1. The van der Waals surface area contributed by atoms with Gasteiger partial charge < -0.3 is 14.4 Å². The number of rotatable bonds is 6. The minimum atomic E-state index is -0.440. The summed E-state index contributed by atoms with van der Waals surface area (Å²) in [6.45, 7) is 1.13. The second kappa shape index (κ2) is 9.09. The Kier molecular flexibility index (Phi) is 6.08. The van der Waals surface area contributed by atoms with E-state index in [9.17, 15) is 9.59 Å². The molecule has 1 aromatic carbocycles. The molecular formula is C21H21N5O4S. The first kappa shape index (κ1) is 20.7. The van der Waals surface area contributed by atoms with E-state index in [-0.39, 0.29) is 18.2 Å². The normalized spacial score (nSPS) is 12.8. The van der Waals surface area contributed by atoms with Crippen molar-refractivity contribution < 1.29 is 19.1 Å². The molecule has 4 rings (SSSR count). The van der Waals surface area contributed by atoms with E-state index in [2.05, 4.69) is 20.3 Å². The Hall–Kier alpha value is -3.53. The second-order valence-electron chi connectivity index (χ2n) is 6.89. The van der Waals surface area contributed by atoms with Gasteiger partial charge in [0.15, 0.2) is 16.6 Å². The van der Waals surface area contributed by atoms with E-state index in [0.717, 1.165) is 17.5 Å². The van der Waals surface area contributed by atoms with Crippen LogP contribution in [0.5, 0.6) is 11.5 Å². The fourth-order valence-electron chi connectivity index (χ4n) is 3.38. The number of amides is 2. The molecule has 2 aromatic heterocycles. The number of aromatic nitrogens is 3. The minimum absolute atomic E-state index is 0.0185. The molecule has 0 radical (unpaired) electrons. The molecule has 0 saturated carbocycles. The number of thiazole rings is 1. The zero-order valence-electron chi connectivity index (χ0n) is 17.1. The predicted octanol–water partition coefficient (Wildman–Crippen LogP) is 2.33. The molecular weight excluding hydrogens is 418 g/mol. The van der Waals surface area contributed by atoms with E-state index in [0.29, 0.717) is 35.4 Å². The van der Waals surface area contributed by atoms with E-state index >= 15 is 0 Å². The van der Waals surface area contributed by atoms with Crippen molar-refractivity contribution in [1.82, 2.24) is 19.9 Å². The molecule has 9 nitrogen and oxygen atoms in total. The van der Waals surface area contributed by atoms with Gasteiger partial charge in [-0.15, -0.1) is 11.3 Å². The van der Waals surface area contributed by atoms with Crippen molar-refractivity contribution in [3.63, 3.8) is 0 Å². The fraction of sp³-hybridized carbons (Fsp3) is 0.286. The number of anilines is 1. The molecule has 160 valence electrons. The maximum absolute atomic E-state index is 12.8. The van der Waals surface area contributed by atoms with E-state index in [4.69, 9.17) is 9.47 Å². The lowest BCUT2D eigenvalue weighted by Gasteiger charge is -2.29. The van der Waals surface area contributed by atoms with Gasteiger partial charge in [0.2, 0.25) is 11.7 Å². The van der Waals surface area contributed by atoms with Crippen LogP contribution in [0.3, 0.4) is 0 Å². The van der Waals surface area contributed by atoms with Gasteiger partial charge in [0.05, 0.1) is 26.3 Å². The maximum atomic E-state index is 12.8. The van der Waals surface area contributed by atoms with Gasteiger partial charge >= 0.3 is 0 Å². The lowest BCUT2D eigenvalue weighted by atomic mass is 9.98. The molecule has 3 heterocycles. The van der Waals surface area contributed by atoms with Gasteiger partial charge in [-0.05, 0) is 35.7 Å². The summed E-state index contributed by atoms with van der Waals surface area (Å²) in [6, 6.07) is 5.53. The molecule has 0 spiro atoms. The third kappa shape index (κ3) is 4.64. The molecule has 1 aliphatic rings.